The molecule has 0 amide bonds. The van der Waals surface area contributed by atoms with Gasteiger partial charge in [0, 0.05) is 17.1 Å². The molecule has 2 rings (SSSR count). The molecular formula is C10H10BrFN4. The minimum absolute atomic E-state index is 0.302. The van der Waals surface area contributed by atoms with E-state index in [1.807, 2.05) is 7.05 Å². The maximum Gasteiger partial charge on any atom is 0.125 e. The molecule has 0 fully saturated rings. The minimum atomic E-state index is -0.302. The van der Waals surface area contributed by atoms with Gasteiger partial charge in [-0.1, -0.05) is 5.21 Å². The number of benzene rings is 1. The van der Waals surface area contributed by atoms with E-state index in [0.29, 0.717) is 12.2 Å². The highest BCUT2D eigenvalue weighted by atomic mass is 79.9. The lowest BCUT2D eigenvalue weighted by molar-refractivity contribution is 0.622. The quantitative estimate of drug-likeness (QED) is 0.936. The van der Waals surface area contributed by atoms with Crippen molar-refractivity contribution in [3.63, 3.8) is 0 Å². The Morgan fingerprint density at radius 2 is 2.31 bits per heavy atom. The van der Waals surface area contributed by atoms with Crippen molar-refractivity contribution < 1.29 is 4.39 Å². The molecule has 0 atom stereocenters. The summed E-state index contributed by atoms with van der Waals surface area (Å²) in [5, 5.41) is 10.8. The number of nitrogens with zero attached hydrogens (tertiary/aromatic N) is 3. The van der Waals surface area contributed by atoms with E-state index in [0.717, 1.165) is 10.2 Å². The Morgan fingerprint density at radius 3 is 3.06 bits per heavy atom. The first-order valence-corrected chi connectivity index (χ1v) is 5.51. The summed E-state index contributed by atoms with van der Waals surface area (Å²) in [7, 11) is 1.83. The van der Waals surface area contributed by atoms with Crippen LogP contribution in [0.5, 0.6) is 0 Å². The van der Waals surface area contributed by atoms with Gasteiger partial charge in [0.1, 0.15) is 5.82 Å². The highest BCUT2D eigenvalue weighted by Crippen LogP contribution is 2.22. The summed E-state index contributed by atoms with van der Waals surface area (Å²) >= 11 is 3.36. The third-order valence-corrected chi connectivity index (χ3v) is 2.78. The topological polar surface area (TPSA) is 42.7 Å². The Labute approximate surface area is 101 Å². The van der Waals surface area contributed by atoms with Crippen molar-refractivity contribution in [1.29, 1.82) is 0 Å². The number of nitrogens with one attached hydrogen (secondary N) is 1. The molecule has 0 aliphatic heterocycles. The molecule has 16 heavy (non-hydrogen) atoms. The van der Waals surface area contributed by atoms with E-state index in [-0.39, 0.29) is 5.82 Å². The van der Waals surface area contributed by atoms with Gasteiger partial charge in [0.2, 0.25) is 0 Å². The van der Waals surface area contributed by atoms with Gasteiger partial charge in [0.25, 0.3) is 0 Å². The zero-order valence-corrected chi connectivity index (χ0v) is 10.2. The first kappa shape index (κ1) is 11.2. The van der Waals surface area contributed by atoms with Crippen molar-refractivity contribution in [2.24, 2.45) is 0 Å². The van der Waals surface area contributed by atoms with Crippen LogP contribution in [0, 0.1) is 5.82 Å². The molecule has 1 aromatic heterocycles. The predicted molar refractivity (Wildman–Crippen MR) is 61.8 cm³/mol. The van der Waals surface area contributed by atoms with Crippen molar-refractivity contribution in [3.05, 3.63) is 40.4 Å². The Hall–Kier alpha value is -1.27. The molecule has 0 aliphatic rings. The molecule has 0 spiro atoms. The van der Waals surface area contributed by atoms with Gasteiger partial charge in [0.15, 0.2) is 0 Å². The number of rotatable bonds is 3. The van der Waals surface area contributed by atoms with E-state index in [9.17, 15) is 4.39 Å². The Kier molecular flexibility index (Phi) is 3.31. The fourth-order valence-corrected chi connectivity index (χ4v) is 1.82. The number of halogens is 2. The maximum atomic E-state index is 13.2. The third kappa shape index (κ3) is 2.12. The van der Waals surface area contributed by atoms with Crippen LogP contribution < -0.4 is 5.32 Å². The van der Waals surface area contributed by atoms with E-state index < -0.39 is 0 Å². The van der Waals surface area contributed by atoms with Crippen LogP contribution in [-0.4, -0.2) is 22.0 Å². The molecule has 2 aromatic rings. The first-order valence-electron chi connectivity index (χ1n) is 4.72. The molecule has 4 nitrogen and oxygen atoms in total. The van der Waals surface area contributed by atoms with Crippen molar-refractivity contribution in [2.75, 3.05) is 7.05 Å². The molecule has 0 aliphatic carbocycles. The summed E-state index contributed by atoms with van der Waals surface area (Å²) < 4.78 is 15.5. The fraction of sp³-hybridized carbons (Fsp3) is 0.200. The Balaban J connectivity index is 2.49. The normalized spacial score (nSPS) is 10.7. The lowest BCUT2D eigenvalue weighted by atomic mass is 10.3. The first-order chi connectivity index (χ1) is 7.72. The molecule has 1 aromatic carbocycles. The van der Waals surface area contributed by atoms with E-state index in [1.54, 1.807) is 16.9 Å². The fourth-order valence-electron chi connectivity index (χ4n) is 1.41. The van der Waals surface area contributed by atoms with Crippen LogP contribution >= 0.6 is 15.9 Å². The predicted octanol–water partition coefficient (Wildman–Crippen LogP) is 1.89. The van der Waals surface area contributed by atoms with Crippen LogP contribution in [0.3, 0.4) is 0 Å². The molecule has 0 bridgehead atoms. The minimum Gasteiger partial charge on any atom is -0.314 e. The van der Waals surface area contributed by atoms with Crippen LogP contribution in [0.2, 0.25) is 0 Å². The highest BCUT2D eigenvalue weighted by Gasteiger charge is 2.09. The second-order valence-electron chi connectivity index (χ2n) is 3.26. The van der Waals surface area contributed by atoms with Gasteiger partial charge in [-0.3, -0.25) is 0 Å². The molecule has 6 heteroatoms. The third-order valence-electron chi connectivity index (χ3n) is 2.11. The van der Waals surface area contributed by atoms with E-state index in [1.165, 1.54) is 12.1 Å². The Bertz CT molecular complexity index is 497. The van der Waals surface area contributed by atoms with Crippen molar-refractivity contribution in [2.45, 2.75) is 6.54 Å². The molecule has 0 saturated heterocycles. The molecule has 0 unspecified atom stereocenters. The Morgan fingerprint density at radius 1 is 1.50 bits per heavy atom. The van der Waals surface area contributed by atoms with Gasteiger partial charge in [-0.15, -0.1) is 5.10 Å². The summed E-state index contributed by atoms with van der Waals surface area (Å²) in [6, 6.07) is 4.45. The molecule has 84 valence electrons. The zero-order chi connectivity index (χ0) is 11.5. The van der Waals surface area contributed by atoms with Crippen LogP contribution in [-0.2, 0) is 6.54 Å². The molecule has 0 radical (unpaired) electrons. The van der Waals surface area contributed by atoms with Crippen LogP contribution in [0.25, 0.3) is 5.69 Å². The van der Waals surface area contributed by atoms with Crippen LogP contribution in [0.15, 0.2) is 28.9 Å². The van der Waals surface area contributed by atoms with Crippen molar-refractivity contribution >= 4 is 15.9 Å². The zero-order valence-electron chi connectivity index (χ0n) is 8.61. The molecule has 1 heterocycles. The number of hydrogen-bond acceptors (Lipinski definition) is 3. The number of aromatic nitrogens is 3. The van der Waals surface area contributed by atoms with Gasteiger partial charge in [-0.05, 0) is 35.1 Å². The summed E-state index contributed by atoms with van der Waals surface area (Å²) in [6.45, 7) is 0.621. The van der Waals surface area contributed by atoms with Crippen molar-refractivity contribution in [1.82, 2.24) is 20.3 Å². The van der Waals surface area contributed by atoms with Crippen LogP contribution in [0.4, 0.5) is 4.39 Å². The second kappa shape index (κ2) is 4.71. The van der Waals surface area contributed by atoms with Gasteiger partial charge < -0.3 is 5.32 Å². The maximum absolute atomic E-state index is 13.2. The molecular weight excluding hydrogens is 275 g/mol. The van der Waals surface area contributed by atoms with Gasteiger partial charge in [-0.2, -0.15) is 0 Å². The summed E-state index contributed by atoms with van der Waals surface area (Å²) in [5.74, 6) is -0.302. The van der Waals surface area contributed by atoms with Gasteiger partial charge in [-0.25, -0.2) is 9.07 Å². The van der Waals surface area contributed by atoms with E-state index >= 15 is 0 Å². The smallest absolute Gasteiger partial charge is 0.125 e. The molecule has 1 N–H and O–H groups in total. The van der Waals surface area contributed by atoms with Crippen molar-refractivity contribution in [3.8, 4) is 5.69 Å². The van der Waals surface area contributed by atoms with E-state index in [4.69, 9.17) is 0 Å². The van der Waals surface area contributed by atoms with E-state index in [2.05, 4.69) is 31.6 Å². The number of hydrogen-bond donors (Lipinski definition) is 1. The SMILES string of the molecule is CNCc1cnnn1-c1cc(F)ccc1Br. The average Bonchev–Trinajstić information content (AvgIpc) is 2.70. The lowest BCUT2D eigenvalue weighted by Gasteiger charge is -2.07. The summed E-state index contributed by atoms with van der Waals surface area (Å²) in [5.41, 5.74) is 1.51. The summed E-state index contributed by atoms with van der Waals surface area (Å²) in [6.07, 6.45) is 1.65. The second-order valence-corrected chi connectivity index (χ2v) is 4.12. The van der Waals surface area contributed by atoms with Gasteiger partial charge in [0.05, 0.1) is 17.6 Å². The van der Waals surface area contributed by atoms with Crippen LogP contribution in [0.1, 0.15) is 5.69 Å². The van der Waals surface area contributed by atoms with Gasteiger partial charge >= 0.3 is 0 Å². The largest absolute Gasteiger partial charge is 0.314 e. The molecule has 0 saturated carbocycles. The highest BCUT2D eigenvalue weighted by molar-refractivity contribution is 9.10. The standard InChI is InChI=1S/C10H10BrFN4/c1-13-5-8-6-14-15-16(8)10-4-7(12)2-3-9(10)11/h2-4,6,13H,5H2,1H3. The monoisotopic (exact) mass is 284 g/mol. The average molecular weight is 285 g/mol. The summed E-state index contributed by atoms with van der Waals surface area (Å²) in [4.78, 5) is 0. The lowest BCUT2D eigenvalue weighted by Crippen LogP contribution is -2.11.